The highest BCUT2D eigenvalue weighted by atomic mass is 16.3. The van der Waals surface area contributed by atoms with Gasteiger partial charge in [-0.15, -0.1) is 0 Å². The maximum Gasteiger partial charge on any atom is 0.101 e. The van der Waals surface area contributed by atoms with Crippen LogP contribution in [0.15, 0.2) is 41.0 Å². The van der Waals surface area contributed by atoms with Gasteiger partial charge in [0.25, 0.3) is 0 Å². The average molecular weight is 256 g/mol. The maximum absolute atomic E-state index is 5.73. The molecule has 1 fully saturated rings. The zero-order valence-corrected chi connectivity index (χ0v) is 11.2. The minimum absolute atomic E-state index is 0.00234. The third kappa shape index (κ3) is 2.44. The molecule has 1 heterocycles. The first kappa shape index (κ1) is 12.5. The Morgan fingerprint density at radius 2 is 2.11 bits per heavy atom. The fourth-order valence-corrected chi connectivity index (χ4v) is 2.73. The molecule has 0 aliphatic heterocycles. The van der Waals surface area contributed by atoms with E-state index in [9.17, 15) is 0 Å². The van der Waals surface area contributed by atoms with E-state index in [0.29, 0.717) is 0 Å². The van der Waals surface area contributed by atoms with Gasteiger partial charge in [0.1, 0.15) is 5.76 Å². The van der Waals surface area contributed by atoms with Gasteiger partial charge in [0.15, 0.2) is 0 Å². The lowest BCUT2D eigenvalue weighted by Gasteiger charge is -2.27. The Labute approximate surface area is 113 Å². The highest BCUT2D eigenvalue weighted by Crippen LogP contribution is 2.37. The second-order valence-corrected chi connectivity index (χ2v) is 5.39. The second-order valence-electron chi connectivity index (χ2n) is 5.39. The summed E-state index contributed by atoms with van der Waals surface area (Å²) in [6.45, 7) is 1.95. The fraction of sp³-hybridized carbons (Fsp3) is 0.375. The Bertz CT molecular complexity index is 557. The SMILES string of the molecule is Cc1cc(C(NN)c2cccc(C3CCC3)c2)co1. The number of furan rings is 1. The third-order valence-electron chi connectivity index (χ3n) is 4.07. The molecule has 1 aliphatic rings. The van der Waals surface area contributed by atoms with Crippen molar-refractivity contribution in [3.63, 3.8) is 0 Å². The van der Waals surface area contributed by atoms with E-state index in [4.69, 9.17) is 10.3 Å². The number of aryl methyl sites for hydroxylation is 1. The smallest absolute Gasteiger partial charge is 0.101 e. The predicted octanol–water partition coefficient (Wildman–Crippen LogP) is 3.41. The lowest BCUT2D eigenvalue weighted by molar-refractivity contribution is 0.419. The van der Waals surface area contributed by atoms with Crippen molar-refractivity contribution in [3.8, 4) is 0 Å². The Kier molecular flexibility index (Phi) is 3.40. The van der Waals surface area contributed by atoms with Crippen LogP contribution in [0.3, 0.4) is 0 Å². The fourth-order valence-electron chi connectivity index (χ4n) is 2.73. The second kappa shape index (κ2) is 5.19. The number of rotatable bonds is 4. The van der Waals surface area contributed by atoms with Gasteiger partial charge in [-0.05, 0) is 42.9 Å². The third-order valence-corrected chi connectivity index (χ3v) is 4.07. The Morgan fingerprint density at radius 1 is 1.26 bits per heavy atom. The molecule has 1 atom stereocenters. The lowest BCUT2D eigenvalue weighted by atomic mass is 9.79. The van der Waals surface area contributed by atoms with Crippen molar-refractivity contribution in [1.29, 1.82) is 0 Å². The quantitative estimate of drug-likeness (QED) is 0.651. The van der Waals surface area contributed by atoms with E-state index < -0.39 is 0 Å². The molecule has 1 aromatic heterocycles. The molecule has 0 spiro atoms. The molecule has 19 heavy (non-hydrogen) atoms. The summed E-state index contributed by atoms with van der Waals surface area (Å²) >= 11 is 0. The molecule has 100 valence electrons. The number of nitrogens with one attached hydrogen (secondary N) is 1. The summed E-state index contributed by atoms with van der Waals surface area (Å²) in [5.41, 5.74) is 6.60. The zero-order valence-electron chi connectivity index (χ0n) is 11.2. The zero-order chi connectivity index (χ0) is 13.2. The number of hydrogen-bond donors (Lipinski definition) is 2. The van der Waals surface area contributed by atoms with Gasteiger partial charge >= 0.3 is 0 Å². The van der Waals surface area contributed by atoms with Crippen molar-refractivity contribution in [2.75, 3.05) is 0 Å². The van der Waals surface area contributed by atoms with E-state index in [1.807, 2.05) is 13.0 Å². The van der Waals surface area contributed by atoms with Crippen molar-refractivity contribution >= 4 is 0 Å². The van der Waals surface area contributed by atoms with Gasteiger partial charge in [0, 0.05) is 5.56 Å². The van der Waals surface area contributed by atoms with E-state index in [-0.39, 0.29) is 6.04 Å². The van der Waals surface area contributed by atoms with Crippen LogP contribution in [0.5, 0.6) is 0 Å². The molecule has 0 bridgehead atoms. The molecule has 3 N–H and O–H groups in total. The molecule has 0 amide bonds. The van der Waals surface area contributed by atoms with Crippen molar-refractivity contribution in [2.24, 2.45) is 5.84 Å². The lowest BCUT2D eigenvalue weighted by Crippen LogP contribution is -2.28. The van der Waals surface area contributed by atoms with Gasteiger partial charge in [-0.2, -0.15) is 0 Å². The van der Waals surface area contributed by atoms with E-state index in [2.05, 4.69) is 29.7 Å². The van der Waals surface area contributed by atoms with Crippen molar-refractivity contribution in [1.82, 2.24) is 5.43 Å². The molecule has 1 unspecified atom stereocenters. The summed E-state index contributed by atoms with van der Waals surface area (Å²) in [5, 5.41) is 0. The minimum Gasteiger partial charge on any atom is -0.469 e. The van der Waals surface area contributed by atoms with Crippen LogP contribution in [-0.2, 0) is 0 Å². The van der Waals surface area contributed by atoms with Crippen LogP contribution >= 0.6 is 0 Å². The molecule has 1 aliphatic carbocycles. The molecule has 3 nitrogen and oxygen atoms in total. The highest BCUT2D eigenvalue weighted by Gasteiger charge is 2.21. The molecule has 1 saturated carbocycles. The summed E-state index contributed by atoms with van der Waals surface area (Å²) in [4.78, 5) is 0. The van der Waals surface area contributed by atoms with Gasteiger partial charge in [0.05, 0.1) is 12.3 Å². The summed E-state index contributed by atoms with van der Waals surface area (Å²) in [6, 6.07) is 10.8. The van der Waals surface area contributed by atoms with Crippen LogP contribution in [0.25, 0.3) is 0 Å². The van der Waals surface area contributed by atoms with Crippen LogP contribution in [0.1, 0.15) is 53.7 Å². The molecular weight excluding hydrogens is 236 g/mol. The van der Waals surface area contributed by atoms with Gasteiger partial charge in [-0.1, -0.05) is 30.7 Å². The predicted molar refractivity (Wildman–Crippen MR) is 75.6 cm³/mol. The van der Waals surface area contributed by atoms with Gasteiger partial charge in [-0.25, -0.2) is 5.43 Å². The van der Waals surface area contributed by atoms with E-state index in [1.165, 1.54) is 30.4 Å². The van der Waals surface area contributed by atoms with Crippen LogP contribution in [0.2, 0.25) is 0 Å². The standard InChI is InChI=1S/C16H20N2O/c1-11-8-15(10-19-11)16(18-17)14-7-3-6-13(9-14)12-4-2-5-12/h3,6-10,12,16,18H,2,4-5,17H2,1H3. The number of benzene rings is 1. The Balaban J connectivity index is 1.90. The first-order valence-corrected chi connectivity index (χ1v) is 6.89. The number of hydrazine groups is 1. The topological polar surface area (TPSA) is 51.2 Å². The van der Waals surface area contributed by atoms with E-state index >= 15 is 0 Å². The van der Waals surface area contributed by atoms with Crippen molar-refractivity contribution < 1.29 is 4.42 Å². The first-order chi connectivity index (χ1) is 9.28. The molecule has 0 radical (unpaired) electrons. The van der Waals surface area contributed by atoms with E-state index in [0.717, 1.165) is 17.2 Å². The highest BCUT2D eigenvalue weighted by molar-refractivity contribution is 5.35. The molecule has 1 aromatic carbocycles. The number of nitrogens with two attached hydrogens (primary N) is 1. The summed E-state index contributed by atoms with van der Waals surface area (Å²) in [6.07, 6.45) is 5.76. The van der Waals surface area contributed by atoms with Crippen LogP contribution < -0.4 is 11.3 Å². The molecule has 3 rings (SSSR count). The molecule has 2 aromatic rings. The minimum atomic E-state index is -0.00234. The van der Waals surface area contributed by atoms with Gasteiger partial charge in [0.2, 0.25) is 0 Å². The Morgan fingerprint density at radius 3 is 2.68 bits per heavy atom. The summed E-state index contributed by atoms with van der Waals surface area (Å²) in [7, 11) is 0. The van der Waals surface area contributed by atoms with Crippen LogP contribution in [0.4, 0.5) is 0 Å². The van der Waals surface area contributed by atoms with E-state index in [1.54, 1.807) is 6.26 Å². The molecule has 3 heteroatoms. The number of hydrogen-bond acceptors (Lipinski definition) is 3. The molecular formula is C16H20N2O. The average Bonchev–Trinajstić information content (AvgIpc) is 2.75. The summed E-state index contributed by atoms with van der Waals surface area (Å²) in [5.74, 6) is 7.38. The maximum atomic E-state index is 5.73. The largest absolute Gasteiger partial charge is 0.469 e. The van der Waals surface area contributed by atoms with Crippen LogP contribution in [-0.4, -0.2) is 0 Å². The van der Waals surface area contributed by atoms with Gasteiger partial charge < -0.3 is 4.42 Å². The normalized spacial score (nSPS) is 17.2. The monoisotopic (exact) mass is 256 g/mol. The Hall–Kier alpha value is -1.58. The van der Waals surface area contributed by atoms with Crippen molar-refractivity contribution in [3.05, 3.63) is 59.0 Å². The van der Waals surface area contributed by atoms with Crippen LogP contribution in [0, 0.1) is 6.92 Å². The van der Waals surface area contributed by atoms with Gasteiger partial charge in [-0.3, -0.25) is 5.84 Å². The first-order valence-electron chi connectivity index (χ1n) is 6.89. The van der Waals surface area contributed by atoms with Crippen molar-refractivity contribution in [2.45, 2.75) is 38.1 Å². The summed E-state index contributed by atoms with van der Waals surface area (Å²) < 4.78 is 5.38. The molecule has 0 saturated heterocycles.